The highest BCUT2D eigenvalue weighted by molar-refractivity contribution is 5.53. The fourth-order valence-electron chi connectivity index (χ4n) is 2.76. The van der Waals surface area contributed by atoms with Gasteiger partial charge >= 0.3 is 0 Å². The van der Waals surface area contributed by atoms with Gasteiger partial charge in [-0.15, -0.1) is 0 Å². The normalized spacial score (nSPS) is 13.8. The van der Waals surface area contributed by atoms with Crippen molar-refractivity contribution in [3.05, 3.63) is 53.3 Å². The van der Waals surface area contributed by atoms with Crippen LogP contribution in [0, 0.1) is 5.82 Å². The molecule has 3 nitrogen and oxygen atoms in total. The summed E-state index contributed by atoms with van der Waals surface area (Å²) >= 11 is 0. The fraction of sp³-hybridized carbons (Fsp3) is 0.294. The van der Waals surface area contributed by atoms with Crippen molar-refractivity contribution in [1.82, 2.24) is 0 Å². The van der Waals surface area contributed by atoms with Crippen LogP contribution in [0.3, 0.4) is 0 Å². The molecule has 1 heterocycles. The molecule has 1 aliphatic heterocycles. The lowest BCUT2D eigenvalue weighted by molar-refractivity contribution is 0.353. The summed E-state index contributed by atoms with van der Waals surface area (Å²) in [4.78, 5) is 2.24. The molecular formula is C17H18FNO2. The van der Waals surface area contributed by atoms with E-state index in [0.717, 1.165) is 36.7 Å². The lowest BCUT2D eigenvalue weighted by atomic mass is 9.98. The quantitative estimate of drug-likeness (QED) is 0.863. The lowest BCUT2D eigenvalue weighted by Gasteiger charge is -2.31. The highest BCUT2D eigenvalue weighted by Crippen LogP contribution is 2.34. The van der Waals surface area contributed by atoms with Crippen molar-refractivity contribution in [3.63, 3.8) is 0 Å². The Morgan fingerprint density at radius 3 is 2.19 bits per heavy atom. The molecule has 110 valence electrons. The number of nitrogens with zero attached hydrogens (tertiary/aromatic N) is 1. The average Bonchev–Trinajstić information content (AvgIpc) is 2.53. The molecule has 0 atom stereocenters. The van der Waals surface area contributed by atoms with E-state index in [1.165, 1.54) is 23.3 Å². The second-order valence-electron chi connectivity index (χ2n) is 5.12. The average molecular weight is 287 g/mol. The number of benzene rings is 2. The van der Waals surface area contributed by atoms with Gasteiger partial charge in [-0.25, -0.2) is 4.39 Å². The van der Waals surface area contributed by atoms with E-state index in [0.29, 0.717) is 0 Å². The SMILES string of the molecule is COc1cc2c(cc1OC)CN(c1ccc(F)cc1)CC2. The third kappa shape index (κ3) is 2.66. The van der Waals surface area contributed by atoms with Gasteiger partial charge in [0, 0.05) is 18.8 Å². The van der Waals surface area contributed by atoms with E-state index in [-0.39, 0.29) is 5.82 Å². The van der Waals surface area contributed by atoms with Crippen LogP contribution >= 0.6 is 0 Å². The predicted molar refractivity (Wildman–Crippen MR) is 80.7 cm³/mol. The summed E-state index contributed by atoms with van der Waals surface area (Å²) in [6, 6.07) is 10.7. The van der Waals surface area contributed by atoms with Crippen LogP contribution in [0.5, 0.6) is 11.5 Å². The minimum Gasteiger partial charge on any atom is -0.493 e. The van der Waals surface area contributed by atoms with Gasteiger partial charge in [-0.1, -0.05) is 0 Å². The summed E-state index contributed by atoms with van der Waals surface area (Å²) in [6.07, 6.45) is 0.938. The molecule has 0 unspecified atom stereocenters. The van der Waals surface area contributed by atoms with Crippen molar-refractivity contribution < 1.29 is 13.9 Å². The molecule has 2 aromatic carbocycles. The van der Waals surface area contributed by atoms with Gasteiger partial charge in [-0.05, 0) is 53.9 Å². The van der Waals surface area contributed by atoms with E-state index < -0.39 is 0 Å². The molecule has 1 aliphatic rings. The van der Waals surface area contributed by atoms with Crippen molar-refractivity contribution in [3.8, 4) is 11.5 Å². The largest absolute Gasteiger partial charge is 0.493 e. The number of hydrogen-bond donors (Lipinski definition) is 0. The number of methoxy groups -OCH3 is 2. The first-order chi connectivity index (χ1) is 10.2. The van der Waals surface area contributed by atoms with Crippen molar-refractivity contribution >= 4 is 5.69 Å². The Kier molecular flexibility index (Phi) is 3.69. The Labute approximate surface area is 123 Å². The van der Waals surface area contributed by atoms with Crippen molar-refractivity contribution in [2.45, 2.75) is 13.0 Å². The van der Waals surface area contributed by atoms with Gasteiger partial charge in [-0.2, -0.15) is 0 Å². The first-order valence-electron chi connectivity index (χ1n) is 6.95. The molecule has 0 radical (unpaired) electrons. The van der Waals surface area contributed by atoms with E-state index in [2.05, 4.69) is 11.0 Å². The van der Waals surface area contributed by atoms with E-state index in [9.17, 15) is 4.39 Å². The lowest BCUT2D eigenvalue weighted by Crippen LogP contribution is -2.30. The van der Waals surface area contributed by atoms with Crippen LogP contribution in [0.1, 0.15) is 11.1 Å². The Bertz CT molecular complexity index is 640. The Morgan fingerprint density at radius 1 is 0.952 bits per heavy atom. The van der Waals surface area contributed by atoms with E-state index >= 15 is 0 Å². The first-order valence-corrected chi connectivity index (χ1v) is 6.95. The zero-order chi connectivity index (χ0) is 14.8. The van der Waals surface area contributed by atoms with Crippen LogP contribution < -0.4 is 14.4 Å². The van der Waals surface area contributed by atoms with E-state index in [1.54, 1.807) is 14.2 Å². The molecule has 0 aliphatic carbocycles. The summed E-state index contributed by atoms with van der Waals surface area (Å²) in [5.74, 6) is 1.31. The molecular weight excluding hydrogens is 269 g/mol. The van der Waals surface area contributed by atoms with Crippen molar-refractivity contribution in [2.24, 2.45) is 0 Å². The highest BCUT2D eigenvalue weighted by Gasteiger charge is 2.19. The molecule has 0 aromatic heterocycles. The van der Waals surface area contributed by atoms with Crippen molar-refractivity contribution in [1.29, 1.82) is 0 Å². The summed E-state index contributed by atoms with van der Waals surface area (Å²) in [7, 11) is 3.29. The summed E-state index contributed by atoms with van der Waals surface area (Å²) in [5.41, 5.74) is 3.55. The standard InChI is InChI=1S/C17H18FNO2/c1-20-16-9-12-7-8-19(11-13(12)10-17(16)21-2)15-5-3-14(18)4-6-15/h3-6,9-10H,7-8,11H2,1-2H3. The molecule has 0 amide bonds. The molecule has 0 spiro atoms. The Hall–Kier alpha value is -2.23. The second kappa shape index (κ2) is 5.64. The molecule has 3 rings (SSSR count). The maximum Gasteiger partial charge on any atom is 0.161 e. The van der Waals surface area contributed by atoms with Crippen LogP contribution in [0.15, 0.2) is 36.4 Å². The van der Waals surface area contributed by atoms with E-state index in [4.69, 9.17) is 9.47 Å². The Balaban J connectivity index is 1.89. The smallest absolute Gasteiger partial charge is 0.161 e. The molecule has 0 N–H and O–H groups in total. The number of rotatable bonds is 3. The van der Waals surface area contributed by atoms with E-state index in [1.807, 2.05) is 18.2 Å². The van der Waals surface area contributed by atoms with Crippen LogP contribution in [0.4, 0.5) is 10.1 Å². The third-order valence-corrected chi connectivity index (χ3v) is 3.91. The number of fused-ring (bicyclic) bond motifs is 1. The van der Waals surface area contributed by atoms with Gasteiger partial charge in [0.05, 0.1) is 14.2 Å². The zero-order valence-electron chi connectivity index (χ0n) is 12.2. The minimum atomic E-state index is -0.206. The van der Waals surface area contributed by atoms with Gasteiger partial charge in [-0.3, -0.25) is 0 Å². The molecule has 2 aromatic rings. The maximum absolute atomic E-state index is 13.0. The predicted octanol–water partition coefficient (Wildman–Crippen LogP) is 3.41. The molecule has 0 fully saturated rings. The summed E-state index contributed by atoms with van der Waals surface area (Å²) in [5, 5.41) is 0. The molecule has 0 bridgehead atoms. The molecule has 0 saturated heterocycles. The van der Waals surface area contributed by atoms with Gasteiger partial charge < -0.3 is 14.4 Å². The van der Waals surface area contributed by atoms with Crippen LogP contribution in [-0.4, -0.2) is 20.8 Å². The van der Waals surface area contributed by atoms with Gasteiger partial charge in [0.1, 0.15) is 5.82 Å². The highest BCUT2D eigenvalue weighted by atomic mass is 19.1. The van der Waals surface area contributed by atoms with Gasteiger partial charge in [0.2, 0.25) is 0 Å². The number of hydrogen-bond acceptors (Lipinski definition) is 3. The molecule has 0 saturated carbocycles. The number of ether oxygens (including phenoxy) is 2. The summed E-state index contributed by atoms with van der Waals surface area (Å²) < 4.78 is 23.7. The van der Waals surface area contributed by atoms with Gasteiger partial charge in [0.25, 0.3) is 0 Å². The van der Waals surface area contributed by atoms with Crippen molar-refractivity contribution in [2.75, 3.05) is 25.7 Å². The van der Waals surface area contributed by atoms with Gasteiger partial charge in [0.15, 0.2) is 11.5 Å². The second-order valence-corrected chi connectivity index (χ2v) is 5.12. The van der Waals surface area contributed by atoms with Crippen LogP contribution in [0.25, 0.3) is 0 Å². The number of halogens is 1. The Morgan fingerprint density at radius 2 is 1.57 bits per heavy atom. The minimum absolute atomic E-state index is 0.206. The molecule has 21 heavy (non-hydrogen) atoms. The molecule has 4 heteroatoms. The third-order valence-electron chi connectivity index (χ3n) is 3.91. The monoisotopic (exact) mass is 287 g/mol. The zero-order valence-corrected chi connectivity index (χ0v) is 12.2. The van der Waals surface area contributed by atoms with Crippen LogP contribution in [-0.2, 0) is 13.0 Å². The number of anilines is 1. The maximum atomic E-state index is 13.0. The fourth-order valence-corrected chi connectivity index (χ4v) is 2.76. The van der Waals surface area contributed by atoms with Crippen LogP contribution in [0.2, 0.25) is 0 Å². The summed E-state index contributed by atoms with van der Waals surface area (Å²) in [6.45, 7) is 1.70. The topological polar surface area (TPSA) is 21.7 Å². The first kappa shape index (κ1) is 13.7.